The summed E-state index contributed by atoms with van der Waals surface area (Å²) in [5.74, 6) is -0.452. The number of carbonyl (C=O) groups is 3. The molecule has 0 spiro atoms. The van der Waals surface area contributed by atoms with E-state index in [1.807, 2.05) is 30.3 Å². The Labute approximate surface area is 184 Å². The van der Waals surface area contributed by atoms with Gasteiger partial charge < -0.3 is 30.6 Å². The van der Waals surface area contributed by atoms with Crippen LogP contribution in [0.25, 0.3) is 0 Å². The summed E-state index contributed by atoms with van der Waals surface area (Å²) >= 11 is 0. The lowest BCUT2D eigenvalue weighted by molar-refractivity contribution is -0.141. The van der Waals surface area contributed by atoms with Crippen molar-refractivity contribution in [2.45, 2.75) is 70.7 Å². The van der Waals surface area contributed by atoms with E-state index in [0.717, 1.165) is 5.56 Å². The van der Waals surface area contributed by atoms with Crippen molar-refractivity contribution in [1.29, 1.82) is 0 Å². The number of carbonyl (C=O) groups excluding carboxylic acids is 3. The van der Waals surface area contributed by atoms with Gasteiger partial charge in [0.05, 0.1) is 13.5 Å². The molecule has 0 radical (unpaired) electrons. The van der Waals surface area contributed by atoms with Crippen LogP contribution in [0.2, 0.25) is 0 Å². The van der Waals surface area contributed by atoms with Gasteiger partial charge in [-0.2, -0.15) is 0 Å². The maximum atomic E-state index is 12.1. The van der Waals surface area contributed by atoms with Crippen LogP contribution in [0.3, 0.4) is 0 Å². The Bertz CT molecular complexity index is 690. The van der Waals surface area contributed by atoms with E-state index >= 15 is 0 Å². The third-order valence-corrected chi connectivity index (χ3v) is 4.27. The smallest absolute Gasteiger partial charge is 0.407 e. The molecule has 1 aromatic rings. The topological polar surface area (TPSA) is 129 Å². The molecule has 0 aliphatic carbocycles. The van der Waals surface area contributed by atoms with Crippen LogP contribution in [0.5, 0.6) is 0 Å². The predicted molar refractivity (Wildman–Crippen MR) is 116 cm³/mol. The largest absolute Gasteiger partial charge is 0.469 e. The molecule has 2 amide bonds. The van der Waals surface area contributed by atoms with Gasteiger partial charge in [0.2, 0.25) is 0 Å². The normalized spacial score (nSPS) is 12.9. The number of amides is 2. The summed E-state index contributed by atoms with van der Waals surface area (Å²) < 4.78 is 15.1. The number of alkyl carbamates (subject to hydrolysis) is 2. The fourth-order valence-corrected chi connectivity index (χ4v) is 2.72. The molecule has 0 unspecified atom stereocenters. The summed E-state index contributed by atoms with van der Waals surface area (Å²) in [5, 5.41) is 5.43. The van der Waals surface area contributed by atoms with Crippen LogP contribution in [0, 0.1) is 0 Å². The zero-order chi connectivity index (χ0) is 23.3. The first-order chi connectivity index (χ1) is 14.6. The van der Waals surface area contributed by atoms with E-state index in [0.29, 0.717) is 25.8 Å². The van der Waals surface area contributed by atoms with E-state index in [9.17, 15) is 14.4 Å². The van der Waals surface area contributed by atoms with Crippen molar-refractivity contribution in [3.8, 4) is 0 Å². The zero-order valence-corrected chi connectivity index (χ0v) is 18.8. The Kier molecular flexibility index (Phi) is 11.4. The molecule has 31 heavy (non-hydrogen) atoms. The minimum absolute atomic E-state index is 0.0268. The van der Waals surface area contributed by atoms with Gasteiger partial charge in [-0.15, -0.1) is 0 Å². The second-order valence-corrected chi connectivity index (χ2v) is 8.18. The number of ether oxygens (including phenoxy) is 3. The lowest BCUT2D eigenvalue weighted by Crippen LogP contribution is -2.50. The van der Waals surface area contributed by atoms with Gasteiger partial charge >= 0.3 is 18.2 Å². The van der Waals surface area contributed by atoms with Gasteiger partial charge in [-0.1, -0.05) is 30.3 Å². The summed E-state index contributed by atoms with van der Waals surface area (Å²) in [6, 6.07) is 8.31. The molecule has 0 heterocycles. The summed E-state index contributed by atoms with van der Waals surface area (Å²) in [5.41, 5.74) is 6.37. The fourth-order valence-electron chi connectivity index (χ4n) is 2.72. The third kappa shape index (κ3) is 12.5. The summed E-state index contributed by atoms with van der Waals surface area (Å²) in [6.45, 7) is 5.91. The van der Waals surface area contributed by atoms with Crippen LogP contribution in [0.4, 0.5) is 9.59 Å². The summed E-state index contributed by atoms with van der Waals surface area (Å²) in [4.78, 5) is 35.4. The van der Waals surface area contributed by atoms with Gasteiger partial charge in [-0.05, 0) is 45.6 Å². The fraction of sp³-hybridized carbons (Fsp3) is 0.591. The van der Waals surface area contributed by atoms with E-state index in [4.69, 9.17) is 15.2 Å². The first kappa shape index (κ1) is 26.2. The van der Waals surface area contributed by atoms with Gasteiger partial charge in [0.1, 0.15) is 12.2 Å². The molecule has 1 rings (SSSR count). The maximum absolute atomic E-state index is 12.1. The molecule has 0 saturated heterocycles. The predicted octanol–water partition coefficient (Wildman–Crippen LogP) is 2.87. The SMILES string of the molecule is COC(=O)C[C@@H](N)[C@H](CCCCNC(=O)OCc1ccccc1)NC(=O)OC(C)(C)C. The molecule has 0 saturated carbocycles. The molecule has 9 nitrogen and oxygen atoms in total. The summed E-state index contributed by atoms with van der Waals surface area (Å²) in [6.07, 6.45) is 0.709. The molecule has 2 atom stereocenters. The Morgan fingerprint density at radius 2 is 1.74 bits per heavy atom. The Hall–Kier alpha value is -2.81. The lowest BCUT2D eigenvalue weighted by Gasteiger charge is -2.27. The summed E-state index contributed by atoms with van der Waals surface area (Å²) in [7, 11) is 1.29. The minimum atomic E-state index is -0.648. The van der Waals surface area contributed by atoms with E-state index < -0.39 is 35.8 Å². The molecule has 4 N–H and O–H groups in total. The maximum Gasteiger partial charge on any atom is 0.407 e. The van der Waals surface area contributed by atoms with Gasteiger partial charge in [-0.3, -0.25) is 4.79 Å². The number of nitrogens with two attached hydrogens (primary N) is 1. The molecular weight excluding hydrogens is 402 g/mol. The van der Waals surface area contributed by atoms with Gasteiger partial charge in [-0.25, -0.2) is 9.59 Å². The molecule has 9 heteroatoms. The first-order valence-electron chi connectivity index (χ1n) is 10.4. The number of hydrogen-bond donors (Lipinski definition) is 3. The minimum Gasteiger partial charge on any atom is -0.469 e. The third-order valence-electron chi connectivity index (χ3n) is 4.27. The average molecular weight is 438 g/mol. The molecule has 0 aliphatic rings. The number of hydrogen-bond acceptors (Lipinski definition) is 7. The van der Waals surface area contributed by atoms with Crippen molar-refractivity contribution in [1.82, 2.24) is 10.6 Å². The second-order valence-electron chi connectivity index (χ2n) is 8.18. The van der Waals surface area contributed by atoms with Crippen LogP contribution in [0.15, 0.2) is 30.3 Å². The highest BCUT2D eigenvalue weighted by molar-refractivity contribution is 5.71. The average Bonchev–Trinajstić information content (AvgIpc) is 2.70. The molecule has 1 aromatic carbocycles. The monoisotopic (exact) mass is 437 g/mol. The highest BCUT2D eigenvalue weighted by Crippen LogP contribution is 2.11. The van der Waals surface area contributed by atoms with Crippen LogP contribution in [-0.4, -0.2) is 49.5 Å². The van der Waals surface area contributed by atoms with E-state index in [1.165, 1.54) is 7.11 Å². The lowest BCUT2D eigenvalue weighted by atomic mass is 10.00. The van der Waals surface area contributed by atoms with Crippen molar-refractivity contribution in [3.05, 3.63) is 35.9 Å². The van der Waals surface area contributed by atoms with Crippen LogP contribution < -0.4 is 16.4 Å². The van der Waals surface area contributed by atoms with Crippen LogP contribution >= 0.6 is 0 Å². The van der Waals surface area contributed by atoms with Crippen molar-refractivity contribution in [2.75, 3.05) is 13.7 Å². The number of methoxy groups -OCH3 is 1. The molecular formula is C22H35N3O6. The quantitative estimate of drug-likeness (QED) is 0.276. The van der Waals surface area contributed by atoms with Crippen molar-refractivity contribution in [3.63, 3.8) is 0 Å². The van der Waals surface area contributed by atoms with Gasteiger partial charge in [0, 0.05) is 18.6 Å². The van der Waals surface area contributed by atoms with Crippen LogP contribution in [0.1, 0.15) is 52.0 Å². The number of nitrogens with one attached hydrogen (secondary N) is 2. The number of esters is 1. The van der Waals surface area contributed by atoms with Crippen molar-refractivity contribution < 1.29 is 28.6 Å². The highest BCUT2D eigenvalue weighted by Gasteiger charge is 2.25. The Morgan fingerprint density at radius 1 is 1.06 bits per heavy atom. The standard InChI is InChI=1S/C22H35N3O6/c1-22(2,3)31-21(28)25-18(17(23)14-19(26)29-4)12-8-9-13-24-20(27)30-15-16-10-6-5-7-11-16/h5-7,10-11,17-18H,8-9,12-15,23H2,1-4H3,(H,24,27)(H,25,28)/t17-,18+/m1/s1. The van der Waals surface area contributed by atoms with E-state index in [1.54, 1.807) is 20.8 Å². The molecule has 174 valence electrons. The number of rotatable bonds is 11. The molecule has 0 fully saturated rings. The molecule has 0 aromatic heterocycles. The van der Waals surface area contributed by atoms with Crippen molar-refractivity contribution >= 4 is 18.2 Å². The number of unbranched alkanes of at least 4 members (excludes halogenated alkanes) is 1. The van der Waals surface area contributed by atoms with Gasteiger partial charge in [0.15, 0.2) is 0 Å². The first-order valence-corrected chi connectivity index (χ1v) is 10.4. The van der Waals surface area contributed by atoms with Gasteiger partial charge in [0.25, 0.3) is 0 Å². The Balaban J connectivity index is 2.40. The zero-order valence-electron chi connectivity index (χ0n) is 18.8. The second kappa shape index (κ2) is 13.5. The van der Waals surface area contributed by atoms with Crippen LogP contribution in [-0.2, 0) is 25.6 Å². The molecule has 0 bridgehead atoms. The molecule has 0 aliphatic heterocycles. The Morgan fingerprint density at radius 3 is 2.35 bits per heavy atom. The van der Waals surface area contributed by atoms with E-state index in [-0.39, 0.29) is 13.0 Å². The van der Waals surface area contributed by atoms with E-state index in [2.05, 4.69) is 15.4 Å². The van der Waals surface area contributed by atoms with Crippen molar-refractivity contribution in [2.24, 2.45) is 5.73 Å². The number of benzene rings is 1. The highest BCUT2D eigenvalue weighted by atomic mass is 16.6.